The van der Waals surface area contributed by atoms with Crippen LogP contribution in [0, 0.1) is 11.8 Å². The second-order valence-corrected chi connectivity index (χ2v) is 5.81. The molecule has 0 aromatic heterocycles. The number of hydrogen-bond donors (Lipinski definition) is 2. The van der Waals surface area contributed by atoms with Crippen molar-refractivity contribution >= 4 is 5.69 Å². The molecule has 3 heteroatoms. The second-order valence-electron chi connectivity index (χ2n) is 5.81. The highest BCUT2D eigenvalue weighted by molar-refractivity contribution is 5.47. The third-order valence-corrected chi connectivity index (χ3v) is 4.59. The summed E-state index contributed by atoms with van der Waals surface area (Å²) in [6, 6.07) is 7.63. The van der Waals surface area contributed by atoms with E-state index in [9.17, 15) is 5.11 Å². The highest BCUT2D eigenvalue weighted by Crippen LogP contribution is 2.38. The van der Waals surface area contributed by atoms with Crippen LogP contribution in [-0.2, 0) is 0 Å². The zero-order valence-electron chi connectivity index (χ0n) is 10.8. The Kier molecular flexibility index (Phi) is 3.27. The molecule has 1 aliphatic heterocycles. The van der Waals surface area contributed by atoms with Gasteiger partial charge in [0.05, 0.1) is 6.10 Å². The first-order valence-corrected chi connectivity index (χ1v) is 6.99. The molecule has 2 aliphatic rings. The minimum Gasteiger partial charge on any atom is -0.398 e. The Morgan fingerprint density at radius 2 is 1.89 bits per heavy atom. The first-order chi connectivity index (χ1) is 8.74. The average Bonchev–Trinajstić information content (AvgIpc) is 2.90. The second kappa shape index (κ2) is 4.90. The molecule has 3 rings (SSSR count). The van der Waals surface area contributed by atoms with Gasteiger partial charge in [0.15, 0.2) is 0 Å². The Morgan fingerprint density at radius 3 is 2.56 bits per heavy atom. The number of benzene rings is 1. The summed E-state index contributed by atoms with van der Waals surface area (Å²) in [6.45, 7) is 3.05. The molecule has 98 valence electrons. The van der Waals surface area contributed by atoms with E-state index in [0.717, 1.165) is 37.0 Å². The van der Waals surface area contributed by atoms with Crippen LogP contribution in [0.1, 0.15) is 30.9 Å². The van der Waals surface area contributed by atoms with Gasteiger partial charge in [-0.1, -0.05) is 24.6 Å². The van der Waals surface area contributed by atoms with Gasteiger partial charge in [0.25, 0.3) is 0 Å². The molecule has 0 bridgehead atoms. The Bertz CT molecular complexity index is 409. The fourth-order valence-electron chi connectivity index (χ4n) is 3.64. The van der Waals surface area contributed by atoms with Gasteiger partial charge in [-0.25, -0.2) is 0 Å². The molecule has 0 spiro atoms. The van der Waals surface area contributed by atoms with Gasteiger partial charge in [0.1, 0.15) is 0 Å². The third-order valence-electron chi connectivity index (χ3n) is 4.59. The summed E-state index contributed by atoms with van der Waals surface area (Å²) < 4.78 is 0. The maximum atomic E-state index is 10.3. The lowest BCUT2D eigenvalue weighted by Gasteiger charge is -2.21. The maximum Gasteiger partial charge on any atom is 0.0936 e. The Balaban J connectivity index is 1.62. The molecule has 1 heterocycles. The first kappa shape index (κ1) is 12.0. The fraction of sp³-hybridized carbons (Fsp3) is 0.600. The van der Waals surface area contributed by atoms with Crippen LogP contribution in [0.5, 0.6) is 0 Å². The van der Waals surface area contributed by atoms with Crippen LogP contribution in [0.2, 0.25) is 0 Å². The van der Waals surface area contributed by atoms with Crippen molar-refractivity contribution in [2.24, 2.45) is 11.8 Å². The van der Waals surface area contributed by atoms with Gasteiger partial charge < -0.3 is 10.8 Å². The molecule has 3 nitrogen and oxygen atoms in total. The van der Waals surface area contributed by atoms with Crippen molar-refractivity contribution in [1.29, 1.82) is 0 Å². The SMILES string of the molecule is Nc1ccccc1C(O)CN1CC2CCCC2C1. The summed E-state index contributed by atoms with van der Waals surface area (Å²) in [7, 11) is 0. The molecule has 3 unspecified atom stereocenters. The molecule has 3 atom stereocenters. The van der Waals surface area contributed by atoms with Gasteiger partial charge in [-0.3, -0.25) is 4.90 Å². The van der Waals surface area contributed by atoms with Crippen LogP contribution in [0.15, 0.2) is 24.3 Å². The van der Waals surface area contributed by atoms with Crippen LogP contribution < -0.4 is 5.73 Å². The predicted octanol–water partition coefficient (Wildman–Crippen LogP) is 2.03. The number of rotatable bonds is 3. The highest BCUT2D eigenvalue weighted by Gasteiger charge is 2.36. The van der Waals surface area contributed by atoms with E-state index in [2.05, 4.69) is 4.90 Å². The summed E-state index contributed by atoms with van der Waals surface area (Å²) in [5.74, 6) is 1.76. The number of aliphatic hydroxyl groups is 1. The van der Waals surface area contributed by atoms with E-state index < -0.39 is 6.10 Å². The molecular formula is C15H22N2O. The normalized spacial score (nSPS) is 29.4. The van der Waals surface area contributed by atoms with Crippen molar-refractivity contribution in [1.82, 2.24) is 4.90 Å². The monoisotopic (exact) mass is 246 g/mol. The van der Waals surface area contributed by atoms with E-state index in [1.165, 1.54) is 19.3 Å². The third kappa shape index (κ3) is 2.25. The van der Waals surface area contributed by atoms with Gasteiger partial charge in [-0.15, -0.1) is 0 Å². The standard InChI is InChI=1S/C15H22N2O/c16-14-7-2-1-6-13(14)15(18)10-17-8-11-4-3-5-12(11)9-17/h1-2,6-7,11-12,15,18H,3-5,8-10,16H2. The average molecular weight is 246 g/mol. The van der Waals surface area contributed by atoms with Crippen LogP contribution in [0.4, 0.5) is 5.69 Å². The summed E-state index contributed by atoms with van der Waals surface area (Å²) in [5.41, 5.74) is 7.48. The lowest BCUT2D eigenvalue weighted by molar-refractivity contribution is 0.122. The molecule has 0 radical (unpaired) electrons. The zero-order valence-corrected chi connectivity index (χ0v) is 10.8. The molecule has 1 aromatic carbocycles. The number of fused-ring (bicyclic) bond motifs is 1. The van der Waals surface area contributed by atoms with Gasteiger partial charge in [0.2, 0.25) is 0 Å². The lowest BCUT2D eigenvalue weighted by Crippen LogP contribution is -2.27. The molecule has 1 saturated carbocycles. The zero-order chi connectivity index (χ0) is 12.5. The van der Waals surface area contributed by atoms with Gasteiger partial charge in [-0.05, 0) is 30.7 Å². The molecule has 18 heavy (non-hydrogen) atoms. The van der Waals surface area contributed by atoms with Crippen molar-refractivity contribution < 1.29 is 5.11 Å². The van der Waals surface area contributed by atoms with Crippen LogP contribution in [-0.4, -0.2) is 29.6 Å². The topological polar surface area (TPSA) is 49.5 Å². The van der Waals surface area contributed by atoms with E-state index in [-0.39, 0.29) is 0 Å². The fourth-order valence-corrected chi connectivity index (χ4v) is 3.64. The number of β-amino-alcohol motifs (C(OH)–C–C–N with tert-alkyl or cyclic N) is 1. The molecule has 0 amide bonds. The Hall–Kier alpha value is -1.06. The molecule has 1 aliphatic carbocycles. The number of anilines is 1. The van der Waals surface area contributed by atoms with E-state index >= 15 is 0 Å². The van der Waals surface area contributed by atoms with E-state index in [1.54, 1.807) is 0 Å². The molecule has 2 fully saturated rings. The maximum absolute atomic E-state index is 10.3. The number of nitrogens with zero attached hydrogens (tertiary/aromatic N) is 1. The lowest BCUT2D eigenvalue weighted by atomic mass is 10.0. The predicted molar refractivity (Wildman–Crippen MR) is 73.1 cm³/mol. The number of para-hydroxylation sites is 1. The quantitative estimate of drug-likeness (QED) is 0.802. The number of nitrogens with two attached hydrogens (primary N) is 1. The van der Waals surface area contributed by atoms with Gasteiger partial charge in [0, 0.05) is 30.9 Å². The Morgan fingerprint density at radius 1 is 1.22 bits per heavy atom. The number of nitrogen functional groups attached to an aromatic ring is 1. The van der Waals surface area contributed by atoms with Crippen molar-refractivity contribution in [3.05, 3.63) is 29.8 Å². The molecule has 3 N–H and O–H groups in total. The van der Waals surface area contributed by atoms with Crippen LogP contribution >= 0.6 is 0 Å². The summed E-state index contributed by atoms with van der Waals surface area (Å²) >= 11 is 0. The van der Waals surface area contributed by atoms with E-state index in [4.69, 9.17) is 5.73 Å². The van der Waals surface area contributed by atoms with Crippen LogP contribution in [0.25, 0.3) is 0 Å². The summed E-state index contributed by atoms with van der Waals surface area (Å²) in [4.78, 5) is 2.41. The Labute approximate surface area is 109 Å². The van der Waals surface area contributed by atoms with Crippen molar-refractivity contribution in [2.75, 3.05) is 25.4 Å². The number of aliphatic hydroxyl groups excluding tert-OH is 1. The largest absolute Gasteiger partial charge is 0.398 e. The van der Waals surface area contributed by atoms with Crippen LogP contribution in [0.3, 0.4) is 0 Å². The first-order valence-electron chi connectivity index (χ1n) is 6.99. The summed E-state index contributed by atoms with van der Waals surface area (Å²) in [6.07, 6.45) is 3.71. The van der Waals surface area contributed by atoms with Gasteiger partial charge >= 0.3 is 0 Å². The van der Waals surface area contributed by atoms with E-state index in [1.807, 2.05) is 24.3 Å². The van der Waals surface area contributed by atoms with Crippen molar-refractivity contribution in [3.8, 4) is 0 Å². The molecule has 1 saturated heterocycles. The summed E-state index contributed by atoms with van der Waals surface area (Å²) in [5, 5.41) is 10.3. The molecule has 1 aromatic rings. The van der Waals surface area contributed by atoms with Crippen molar-refractivity contribution in [3.63, 3.8) is 0 Å². The minimum absolute atomic E-state index is 0.454. The highest BCUT2D eigenvalue weighted by atomic mass is 16.3. The minimum atomic E-state index is -0.454. The number of likely N-dealkylation sites (tertiary alicyclic amines) is 1. The van der Waals surface area contributed by atoms with Gasteiger partial charge in [-0.2, -0.15) is 0 Å². The van der Waals surface area contributed by atoms with E-state index in [0.29, 0.717) is 5.69 Å². The smallest absolute Gasteiger partial charge is 0.0936 e. The molecular weight excluding hydrogens is 224 g/mol. The van der Waals surface area contributed by atoms with Crippen molar-refractivity contribution in [2.45, 2.75) is 25.4 Å². The number of hydrogen-bond acceptors (Lipinski definition) is 3.